The molecule has 216 valence electrons. The number of nitrogens with one attached hydrogen (secondary N) is 2. The Morgan fingerprint density at radius 2 is 1.95 bits per heavy atom. The Kier molecular flexibility index (Phi) is 6.18. The van der Waals surface area contributed by atoms with E-state index < -0.39 is 11.4 Å². The Labute approximate surface area is 246 Å². The summed E-state index contributed by atoms with van der Waals surface area (Å²) in [5.74, 6) is -0.144. The van der Waals surface area contributed by atoms with Crippen LogP contribution in [0.5, 0.6) is 0 Å². The third-order valence-electron chi connectivity index (χ3n) is 9.29. The molecule has 4 aromatic heterocycles. The summed E-state index contributed by atoms with van der Waals surface area (Å²) in [6.45, 7) is 1.82. The maximum Gasteiger partial charge on any atom is 0.341 e. The van der Waals surface area contributed by atoms with Gasteiger partial charge in [-0.25, -0.2) is 14.8 Å². The van der Waals surface area contributed by atoms with Crippen molar-refractivity contribution >= 4 is 61.9 Å². The molecule has 5 heterocycles. The van der Waals surface area contributed by atoms with Crippen LogP contribution in [0.4, 0.5) is 11.4 Å². The Morgan fingerprint density at radius 3 is 2.69 bits per heavy atom. The van der Waals surface area contributed by atoms with Crippen LogP contribution in [-0.4, -0.2) is 75.8 Å². The highest BCUT2D eigenvalue weighted by molar-refractivity contribution is 6.33. The molecule has 1 saturated heterocycles. The molecule has 0 unspecified atom stereocenters. The second-order valence-electron chi connectivity index (χ2n) is 11.8. The number of aromatic nitrogens is 4. The van der Waals surface area contributed by atoms with Gasteiger partial charge in [0.05, 0.1) is 27.7 Å². The lowest BCUT2D eigenvalue weighted by Crippen LogP contribution is -2.35. The number of aromatic amines is 1. The van der Waals surface area contributed by atoms with Crippen LogP contribution >= 0.6 is 11.6 Å². The minimum Gasteiger partial charge on any atom is -0.477 e. The smallest absolute Gasteiger partial charge is 0.341 e. The van der Waals surface area contributed by atoms with E-state index in [-0.39, 0.29) is 10.9 Å². The second-order valence-corrected chi connectivity index (χ2v) is 12.3. The van der Waals surface area contributed by atoms with Gasteiger partial charge in [-0.05, 0) is 57.0 Å². The molecule has 10 nitrogen and oxygen atoms in total. The molecule has 0 bridgehead atoms. The molecule has 1 aliphatic carbocycles. The minimum atomic E-state index is -1.26. The SMILES string of the molecule is CNc1cc(Cl)cc2c1[nH]c1ncc(-c3cnc4c(c3)c(=O)c(C(=O)O)cn4C)c(N3C[C@H]4CC[C@H](N(C)C)[C@H]4C3)c12. The highest BCUT2D eigenvalue weighted by Gasteiger charge is 2.44. The second kappa shape index (κ2) is 9.71. The summed E-state index contributed by atoms with van der Waals surface area (Å²) in [4.78, 5) is 42.9. The fraction of sp³-hybridized carbons (Fsp3) is 0.355. The number of hydrogen-bond acceptors (Lipinski definition) is 7. The molecule has 1 aromatic carbocycles. The van der Waals surface area contributed by atoms with E-state index in [9.17, 15) is 14.7 Å². The molecule has 1 saturated carbocycles. The minimum absolute atomic E-state index is 0.256. The number of carboxylic acid groups (broad SMARTS) is 1. The molecule has 2 fully saturated rings. The number of H-pyrrole nitrogens is 1. The number of pyridine rings is 3. The van der Waals surface area contributed by atoms with Gasteiger partial charge in [0.2, 0.25) is 5.43 Å². The number of aromatic carboxylic acids is 1. The van der Waals surface area contributed by atoms with Crippen molar-refractivity contribution in [1.82, 2.24) is 24.4 Å². The molecule has 11 heteroatoms. The summed E-state index contributed by atoms with van der Waals surface area (Å²) in [6.07, 6.45) is 7.28. The summed E-state index contributed by atoms with van der Waals surface area (Å²) < 4.78 is 1.58. The van der Waals surface area contributed by atoms with Crippen LogP contribution in [0, 0.1) is 11.8 Å². The van der Waals surface area contributed by atoms with Crippen LogP contribution in [0.3, 0.4) is 0 Å². The number of fused-ring (bicyclic) bond motifs is 5. The Hall–Kier alpha value is -4.15. The van der Waals surface area contributed by atoms with Crippen LogP contribution in [0.25, 0.3) is 44.1 Å². The maximum atomic E-state index is 13.2. The Bertz CT molecular complexity index is 1980. The summed E-state index contributed by atoms with van der Waals surface area (Å²) in [5.41, 5.74) is 4.71. The van der Waals surface area contributed by atoms with Gasteiger partial charge in [0.25, 0.3) is 0 Å². The van der Waals surface area contributed by atoms with E-state index in [0.29, 0.717) is 34.1 Å². The van der Waals surface area contributed by atoms with Crippen LogP contribution in [0.1, 0.15) is 23.2 Å². The predicted octanol–water partition coefficient (Wildman–Crippen LogP) is 4.80. The van der Waals surface area contributed by atoms with Gasteiger partial charge in [0.15, 0.2) is 0 Å². The lowest BCUT2D eigenvalue weighted by molar-refractivity contribution is 0.0695. The number of hydrogen-bond donors (Lipinski definition) is 3. The molecule has 2 aliphatic rings. The van der Waals surface area contributed by atoms with Crippen molar-refractivity contribution in [3.05, 3.63) is 57.6 Å². The number of nitrogens with zero attached hydrogens (tertiary/aromatic N) is 5. The van der Waals surface area contributed by atoms with Crippen molar-refractivity contribution in [1.29, 1.82) is 0 Å². The first-order valence-electron chi connectivity index (χ1n) is 14.1. The summed E-state index contributed by atoms with van der Waals surface area (Å²) in [5, 5.41) is 15.7. The first-order chi connectivity index (χ1) is 20.2. The lowest BCUT2D eigenvalue weighted by atomic mass is 9.97. The van der Waals surface area contributed by atoms with Crippen molar-refractivity contribution in [3.8, 4) is 11.1 Å². The van der Waals surface area contributed by atoms with Gasteiger partial charge < -0.3 is 29.8 Å². The van der Waals surface area contributed by atoms with Crippen molar-refractivity contribution in [2.75, 3.05) is 44.4 Å². The summed E-state index contributed by atoms with van der Waals surface area (Å²) in [6, 6.07) is 6.14. The van der Waals surface area contributed by atoms with Crippen LogP contribution < -0.4 is 15.6 Å². The third-order valence-corrected chi connectivity index (χ3v) is 9.51. The number of rotatable bonds is 5. The highest BCUT2D eigenvalue weighted by Crippen LogP contribution is 2.48. The average Bonchev–Trinajstić information content (AvgIpc) is 3.66. The quantitative estimate of drug-likeness (QED) is 0.269. The number of halogens is 1. The molecule has 5 aromatic rings. The number of benzene rings is 1. The molecular formula is C31H32ClN7O3. The van der Waals surface area contributed by atoms with E-state index in [4.69, 9.17) is 16.6 Å². The van der Waals surface area contributed by atoms with Crippen molar-refractivity contribution in [2.24, 2.45) is 18.9 Å². The Balaban J connectivity index is 1.50. The topological polar surface area (TPSA) is 119 Å². The highest BCUT2D eigenvalue weighted by atomic mass is 35.5. The number of anilines is 2. The van der Waals surface area contributed by atoms with Gasteiger partial charge in [-0.15, -0.1) is 0 Å². The molecule has 3 N–H and O–H groups in total. The van der Waals surface area contributed by atoms with Crippen LogP contribution in [0.15, 0.2) is 41.6 Å². The van der Waals surface area contributed by atoms with Gasteiger partial charge in [0, 0.05) is 73.4 Å². The maximum absolute atomic E-state index is 13.2. The number of carbonyl (C=O) groups is 1. The van der Waals surface area contributed by atoms with E-state index in [0.717, 1.165) is 52.0 Å². The van der Waals surface area contributed by atoms with Gasteiger partial charge in [-0.2, -0.15) is 0 Å². The zero-order valence-corrected chi connectivity index (χ0v) is 24.7. The molecular weight excluding hydrogens is 554 g/mol. The summed E-state index contributed by atoms with van der Waals surface area (Å²) >= 11 is 6.61. The monoisotopic (exact) mass is 585 g/mol. The number of carboxylic acids is 1. The van der Waals surface area contributed by atoms with E-state index in [1.807, 2.05) is 25.4 Å². The molecule has 3 atom stereocenters. The standard InChI is InChI=1S/C31H32ClN7O3/c1-33-23-9-17(32)8-18-25-27(39-12-15-5-6-24(37(2)3)21(15)14-39)20(11-34-29(25)36-26(18)23)16-7-19-28(40)22(31(41)42)13-38(4)30(19)35-10-16/h7-11,13,15,21,24,33H,5-6,12,14H2,1-4H3,(H,34,36)(H,41,42)/t15-,21+,24+/m1/s1. The summed E-state index contributed by atoms with van der Waals surface area (Å²) in [7, 11) is 7.89. The molecule has 0 radical (unpaired) electrons. The van der Waals surface area contributed by atoms with Gasteiger partial charge in [-0.1, -0.05) is 11.6 Å². The number of aryl methyl sites for hydroxylation is 1. The van der Waals surface area contributed by atoms with Crippen LogP contribution in [0.2, 0.25) is 5.02 Å². The van der Waals surface area contributed by atoms with E-state index in [2.05, 4.69) is 39.2 Å². The van der Waals surface area contributed by atoms with Gasteiger partial charge >= 0.3 is 5.97 Å². The van der Waals surface area contributed by atoms with Crippen molar-refractivity contribution in [3.63, 3.8) is 0 Å². The fourth-order valence-electron chi connectivity index (χ4n) is 7.37. The van der Waals surface area contributed by atoms with E-state index in [1.54, 1.807) is 23.9 Å². The predicted molar refractivity (Wildman–Crippen MR) is 167 cm³/mol. The fourth-order valence-corrected chi connectivity index (χ4v) is 7.59. The molecule has 1 aliphatic heterocycles. The van der Waals surface area contributed by atoms with Crippen molar-refractivity contribution in [2.45, 2.75) is 18.9 Å². The largest absolute Gasteiger partial charge is 0.477 e. The molecule has 7 rings (SSSR count). The first-order valence-corrected chi connectivity index (χ1v) is 14.5. The molecule has 0 spiro atoms. The zero-order valence-electron chi connectivity index (χ0n) is 23.9. The average molecular weight is 586 g/mol. The Morgan fingerprint density at radius 1 is 1.14 bits per heavy atom. The van der Waals surface area contributed by atoms with Gasteiger partial charge in [0.1, 0.15) is 16.9 Å². The van der Waals surface area contributed by atoms with E-state index >= 15 is 0 Å². The van der Waals surface area contributed by atoms with E-state index in [1.165, 1.54) is 19.0 Å². The van der Waals surface area contributed by atoms with Gasteiger partial charge in [-0.3, -0.25) is 4.79 Å². The van der Waals surface area contributed by atoms with Crippen LogP contribution in [-0.2, 0) is 7.05 Å². The molecule has 0 amide bonds. The normalized spacial score (nSPS) is 20.3. The zero-order chi connectivity index (χ0) is 29.4. The molecule has 42 heavy (non-hydrogen) atoms. The van der Waals surface area contributed by atoms with Crippen molar-refractivity contribution < 1.29 is 9.90 Å². The first kappa shape index (κ1) is 26.7. The lowest BCUT2D eigenvalue weighted by Gasteiger charge is -2.28. The third kappa shape index (κ3) is 3.96.